The molecule has 0 aliphatic carbocycles. The largest absolute Gasteiger partial charge is 0.495 e. The molecule has 0 unspecified atom stereocenters. The second-order valence-electron chi connectivity index (χ2n) is 9.96. The molecule has 0 aliphatic heterocycles. The molecule has 0 bridgehead atoms. The Hall–Kier alpha value is -3.56. The quantitative estimate of drug-likeness (QED) is 0.335. The summed E-state index contributed by atoms with van der Waals surface area (Å²) in [5.41, 5.74) is 2.65. The van der Waals surface area contributed by atoms with Gasteiger partial charge >= 0.3 is 0 Å². The third kappa shape index (κ3) is 8.47. The summed E-state index contributed by atoms with van der Waals surface area (Å²) in [6, 6.07) is 20.4. The molecule has 0 heterocycles. The van der Waals surface area contributed by atoms with E-state index in [-0.39, 0.29) is 30.6 Å². The highest BCUT2D eigenvalue weighted by atomic mass is 35.5. The third-order valence-corrected chi connectivity index (χ3v) is 7.63. The number of aryl methyl sites for hydroxylation is 1. The Morgan fingerprint density at radius 1 is 0.975 bits per heavy atom. The van der Waals surface area contributed by atoms with Crippen molar-refractivity contribution in [3.63, 3.8) is 0 Å². The van der Waals surface area contributed by atoms with Gasteiger partial charge in [-0.05, 0) is 61.7 Å². The summed E-state index contributed by atoms with van der Waals surface area (Å²) in [7, 11) is -2.47. The first-order chi connectivity index (χ1) is 18.9. The van der Waals surface area contributed by atoms with Crippen molar-refractivity contribution in [2.75, 3.05) is 24.2 Å². The number of rotatable bonds is 12. The third-order valence-electron chi connectivity index (χ3n) is 6.25. The van der Waals surface area contributed by atoms with Gasteiger partial charge in [0.25, 0.3) is 0 Å². The first kappa shape index (κ1) is 31.0. The van der Waals surface area contributed by atoms with Crippen molar-refractivity contribution in [2.45, 2.75) is 45.8 Å². The van der Waals surface area contributed by atoms with Crippen molar-refractivity contribution in [3.05, 3.63) is 94.5 Å². The Bertz CT molecular complexity index is 1410. The standard InChI is InChI=1S/C30H36ClN3O5S/c1-21(2)32-30(36)27(18-23-9-7-6-8-10-23)33(19-24-12-14-25(31)15-13-24)29(35)20-34(40(5,37)38)26-17-22(3)11-16-28(26)39-4/h6-17,21,27H,18-20H2,1-5H3,(H,32,36)/t27-/m0/s1. The number of sulfonamides is 1. The second-order valence-corrected chi connectivity index (χ2v) is 12.3. The van der Waals surface area contributed by atoms with Crippen LogP contribution in [0.5, 0.6) is 5.75 Å². The zero-order valence-electron chi connectivity index (χ0n) is 23.4. The van der Waals surface area contributed by atoms with Gasteiger partial charge in [-0.25, -0.2) is 8.42 Å². The number of halogens is 1. The summed E-state index contributed by atoms with van der Waals surface area (Å²) < 4.78 is 32.5. The van der Waals surface area contributed by atoms with E-state index in [1.807, 2.05) is 51.1 Å². The molecule has 0 saturated heterocycles. The maximum absolute atomic E-state index is 14.1. The molecule has 0 aliphatic rings. The van der Waals surface area contributed by atoms with Crippen LogP contribution in [0.25, 0.3) is 0 Å². The number of nitrogens with one attached hydrogen (secondary N) is 1. The first-order valence-electron chi connectivity index (χ1n) is 12.9. The molecule has 0 radical (unpaired) electrons. The molecule has 0 saturated carbocycles. The Morgan fingerprint density at radius 2 is 1.62 bits per heavy atom. The predicted molar refractivity (Wildman–Crippen MR) is 159 cm³/mol. The summed E-state index contributed by atoms with van der Waals surface area (Å²) in [5, 5.41) is 3.47. The highest BCUT2D eigenvalue weighted by molar-refractivity contribution is 7.92. The highest BCUT2D eigenvalue weighted by Gasteiger charge is 2.34. The number of hydrogen-bond donors (Lipinski definition) is 1. The van der Waals surface area contributed by atoms with Crippen LogP contribution in [-0.4, -0.2) is 57.1 Å². The van der Waals surface area contributed by atoms with Crippen LogP contribution >= 0.6 is 11.6 Å². The Morgan fingerprint density at radius 3 is 2.20 bits per heavy atom. The van der Waals surface area contributed by atoms with Crippen molar-refractivity contribution in [1.29, 1.82) is 0 Å². The van der Waals surface area contributed by atoms with Gasteiger partial charge in [0.1, 0.15) is 18.3 Å². The van der Waals surface area contributed by atoms with Gasteiger partial charge in [-0.15, -0.1) is 0 Å². The smallest absolute Gasteiger partial charge is 0.244 e. The molecule has 0 aromatic heterocycles. The lowest BCUT2D eigenvalue weighted by Gasteiger charge is -2.34. The fraction of sp³-hybridized carbons (Fsp3) is 0.333. The Balaban J connectivity index is 2.09. The van der Waals surface area contributed by atoms with E-state index in [0.717, 1.165) is 27.3 Å². The number of carbonyl (C=O) groups excluding carboxylic acids is 2. The van der Waals surface area contributed by atoms with Crippen LogP contribution in [0.4, 0.5) is 5.69 Å². The molecule has 214 valence electrons. The summed E-state index contributed by atoms with van der Waals surface area (Å²) >= 11 is 6.09. The maximum atomic E-state index is 14.1. The minimum atomic E-state index is -3.91. The Kier molecular flexibility index (Phi) is 10.6. The van der Waals surface area contributed by atoms with E-state index < -0.39 is 28.5 Å². The number of benzene rings is 3. The minimum Gasteiger partial charge on any atom is -0.495 e. The van der Waals surface area contributed by atoms with Gasteiger partial charge in [0.05, 0.1) is 19.1 Å². The molecule has 3 aromatic rings. The van der Waals surface area contributed by atoms with Gasteiger partial charge in [0, 0.05) is 24.0 Å². The van der Waals surface area contributed by atoms with Crippen molar-refractivity contribution in [2.24, 2.45) is 0 Å². The van der Waals surface area contributed by atoms with Crippen molar-refractivity contribution in [1.82, 2.24) is 10.2 Å². The lowest BCUT2D eigenvalue weighted by Crippen LogP contribution is -2.54. The SMILES string of the molecule is COc1ccc(C)cc1N(CC(=O)N(Cc1ccc(Cl)cc1)[C@@H](Cc1ccccc1)C(=O)NC(C)C)S(C)(=O)=O. The van der Waals surface area contributed by atoms with Crippen LogP contribution < -0.4 is 14.4 Å². The molecule has 40 heavy (non-hydrogen) atoms. The van der Waals surface area contributed by atoms with E-state index in [4.69, 9.17) is 16.3 Å². The molecule has 0 fully saturated rings. The van der Waals surface area contributed by atoms with E-state index in [1.54, 1.807) is 42.5 Å². The number of carbonyl (C=O) groups is 2. The maximum Gasteiger partial charge on any atom is 0.244 e. The lowest BCUT2D eigenvalue weighted by atomic mass is 10.0. The summed E-state index contributed by atoms with van der Waals surface area (Å²) in [6.45, 7) is 5.06. The number of amides is 2. The summed E-state index contributed by atoms with van der Waals surface area (Å²) in [5.74, 6) is -0.560. The minimum absolute atomic E-state index is 0.0710. The first-order valence-corrected chi connectivity index (χ1v) is 15.1. The fourth-order valence-electron chi connectivity index (χ4n) is 4.31. The number of hydrogen-bond acceptors (Lipinski definition) is 5. The average molecular weight is 586 g/mol. The van der Waals surface area contributed by atoms with E-state index in [1.165, 1.54) is 12.0 Å². The second kappa shape index (κ2) is 13.7. The molecule has 3 aromatic carbocycles. The van der Waals surface area contributed by atoms with Crippen LogP contribution in [0.15, 0.2) is 72.8 Å². The highest BCUT2D eigenvalue weighted by Crippen LogP contribution is 2.31. The number of methoxy groups -OCH3 is 1. The van der Waals surface area contributed by atoms with Crippen molar-refractivity contribution < 1.29 is 22.7 Å². The van der Waals surface area contributed by atoms with Gasteiger partial charge in [-0.3, -0.25) is 13.9 Å². The van der Waals surface area contributed by atoms with E-state index >= 15 is 0 Å². The number of ether oxygens (including phenoxy) is 1. The fourth-order valence-corrected chi connectivity index (χ4v) is 5.28. The topological polar surface area (TPSA) is 96.0 Å². The molecule has 10 heteroatoms. The van der Waals surface area contributed by atoms with Crippen LogP contribution in [0.2, 0.25) is 5.02 Å². The van der Waals surface area contributed by atoms with Gasteiger partial charge in [-0.2, -0.15) is 0 Å². The molecule has 1 atom stereocenters. The normalized spacial score (nSPS) is 12.1. The zero-order chi connectivity index (χ0) is 29.4. The van der Waals surface area contributed by atoms with Crippen molar-refractivity contribution >= 4 is 39.1 Å². The summed E-state index contributed by atoms with van der Waals surface area (Å²) in [4.78, 5) is 29.1. The molecule has 2 amide bonds. The van der Waals surface area contributed by atoms with E-state index in [9.17, 15) is 18.0 Å². The van der Waals surface area contributed by atoms with Gasteiger partial charge in [-0.1, -0.05) is 60.1 Å². The lowest BCUT2D eigenvalue weighted by molar-refractivity contribution is -0.140. The number of nitrogens with zero attached hydrogens (tertiary/aromatic N) is 2. The van der Waals surface area contributed by atoms with E-state index in [0.29, 0.717) is 10.8 Å². The molecule has 1 N–H and O–H groups in total. The molecule has 3 rings (SSSR count). The van der Waals surface area contributed by atoms with Crippen LogP contribution in [0.1, 0.15) is 30.5 Å². The van der Waals surface area contributed by atoms with Gasteiger partial charge in [0.15, 0.2) is 0 Å². The zero-order valence-corrected chi connectivity index (χ0v) is 25.0. The van der Waals surface area contributed by atoms with Crippen LogP contribution in [0, 0.1) is 6.92 Å². The molecule has 0 spiro atoms. The van der Waals surface area contributed by atoms with Gasteiger partial charge in [0.2, 0.25) is 21.8 Å². The van der Waals surface area contributed by atoms with Crippen LogP contribution in [0.3, 0.4) is 0 Å². The van der Waals surface area contributed by atoms with E-state index in [2.05, 4.69) is 5.32 Å². The Labute approximate surface area is 241 Å². The molecular weight excluding hydrogens is 550 g/mol. The van der Waals surface area contributed by atoms with Crippen molar-refractivity contribution in [3.8, 4) is 5.75 Å². The van der Waals surface area contributed by atoms with Crippen LogP contribution in [-0.2, 0) is 32.6 Å². The molecule has 8 nitrogen and oxygen atoms in total. The average Bonchev–Trinajstić information content (AvgIpc) is 2.89. The predicted octanol–water partition coefficient (Wildman–Crippen LogP) is 4.59. The summed E-state index contributed by atoms with van der Waals surface area (Å²) in [6.07, 6.45) is 1.28. The monoisotopic (exact) mass is 585 g/mol. The number of anilines is 1. The van der Waals surface area contributed by atoms with Gasteiger partial charge < -0.3 is 15.0 Å². The molecular formula is C30H36ClN3O5S.